The summed E-state index contributed by atoms with van der Waals surface area (Å²) in [5, 5.41) is 11.2. The van der Waals surface area contributed by atoms with E-state index in [0.29, 0.717) is 5.75 Å². The third kappa shape index (κ3) is 5.14. The largest absolute Gasteiger partial charge is 0.480 e. The van der Waals surface area contributed by atoms with Gasteiger partial charge >= 0.3 is 5.97 Å². The molecule has 0 aromatic carbocycles. The van der Waals surface area contributed by atoms with Crippen LogP contribution in [0.25, 0.3) is 0 Å². The molecular formula is C11H19NO5S. The molecule has 0 aromatic rings. The van der Waals surface area contributed by atoms with E-state index in [4.69, 9.17) is 9.84 Å². The van der Waals surface area contributed by atoms with Gasteiger partial charge in [0.1, 0.15) is 6.04 Å². The summed E-state index contributed by atoms with van der Waals surface area (Å²) in [7, 11) is -1.31. The summed E-state index contributed by atoms with van der Waals surface area (Å²) in [4.78, 5) is 21.7. The summed E-state index contributed by atoms with van der Waals surface area (Å²) in [6.07, 6.45) is 1.91. The third-order valence-corrected chi connectivity index (χ3v) is 4.17. The van der Waals surface area contributed by atoms with Gasteiger partial charge in [0, 0.05) is 23.5 Å². The minimum atomic E-state index is -1.31. The molecule has 0 aliphatic carbocycles. The lowest BCUT2D eigenvalue weighted by atomic mass is 10.2. The maximum atomic E-state index is 11.8. The van der Waals surface area contributed by atoms with Gasteiger partial charge in [0.05, 0.1) is 18.0 Å². The molecule has 0 bridgehead atoms. The number of carbonyl (C=O) groups excluding carboxylic acids is 1. The first kappa shape index (κ1) is 15.1. The van der Waals surface area contributed by atoms with Gasteiger partial charge in [-0.05, 0) is 19.8 Å². The fourth-order valence-electron chi connectivity index (χ4n) is 1.89. The molecule has 1 fully saturated rings. The monoisotopic (exact) mass is 277 g/mol. The van der Waals surface area contributed by atoms with Crippen molar-refractivity contribution in [1.82, 2.24) is 5.32 Å². The number of carbonyl (C=O) groups is 2. The fourth-order valence-corrected chi connectivity index (χ4v) is 3.28. The average Bonchev–Trinajstić information content (AvgIpc) is 2.62. The molecule has 0 saturated carbocycles. The third-order valence-electron chi connectivity index (χ3n) is 2.72. The van der Waals surface area contributed by atoms with E-state index in [0.717, 1.165) is 12.8 Å². The van der Waals surface area contributed by atoms with Crippen LogP contribution in [0.2, 0.25) is 0 Å². The Morgan fingerprint density at radius 2 is 2.17 bits per heavy atom. The van der Waals surface area contributed by atoms with Crippen LogP contribution < -0.4 is 5.32 Å². The topological polar surface area (TPSA) is 92.7 Å². The molecule has 6 nitrogen and oxygen atoms in total. The zero-order valence-electron chi connectivity index (χ0n) is 10.5. The van der Waals surface area contributed by atoms with E-state index in [1.54, 1.807) is 0 Å². The maximum absolute atomic E-state index is 11.8. The van der Waals surface area contributed by atoms with Crippen molar-refractivity contribution in [3.8, 4) is 0 Å². The Hall–Kier alpha value is -0.950. The summed E-state index contributed by atoms with van der Waals surface area (Å²) in [6.45, 7) is 3.20. The van der Waals surface area contributed by atoms with Crippen molar-refractivity contribution in [2.24, 2.45) is 0 Å². The second kappa shape index (κ2) is 6.84. The number of nitrogens with one attached hydrogen (secondary N) is 1. The predicted octanol–water partition coefficient (Wildman–Crippen LogP) is -0.108. The Kier molecular flexibility index (Phi) is 5.74. The van der Waals surface area contributed by atoms with E-state index in [1.165, 1.54) is 6.92 Å². The molecule has 2 N–H and O–H groups in total. The SMILES string of the molecule is CC(=O)N[C@@H](CS(=O)CC1CCC(C)O1)C(=O)O. The first-order chi connectivity index (χ1) is 8.38. The lowest BCUT2D eigenvalue weighted by molar-refractivity contribution is -0.140. The second-order valence-electron chi connectivity index (χ2n) is 4.51. The van der Waals surface area contributed by atoms with Crippen LogP contribution in [0.1, 0.15) is 26.7 Å². The molecule has 3 unspecified atom stereocenters. The maximum Gasteiger partial charge on any atom is 0.327 e. The molecular weight excluding hydrogens is 258 g/mol. The van der Waals surface area contributed by atoms with Crippen LogP contribution in [-0.2, 0) is 25.1 Å². The first-order valence-corrected chi connectivity index (χ1v) is 7.37. The molecule has 1 amide bonds. The minimum Gasteiger partial charge on any atom is -0.480 e. The summed E-state index contributed by atoms with van der Waals surface area (Å²) in [5.41, 5.74) is 0. The molecule has 1 aliphatic rings. The summed E-state index contributed by atoms with van der Waals surface area (Å²) in [6, 6.07) is -1.10. The number of rotatable bonds is 6. The van der Waals surface area contributed by atoms with E-state index in [-0.39, 0.29) is 18.0 Å². The second-order valence-corrected chi connectivity index (χ2v) is 6.06. The Bertz CT molecular complexity index is 346. The fraction of sp³-hybridized carbons (Fsp3) is 0.818. The van der Waals surface area contributed by atoms with Crippen LogP contribution >= 0.6 is 0 Å². The van der Waals surface area contributed by atoms with Crippen molar-refractivity contribution < 1.29 is 23.6 Å². The van der Waals surface area contributed by atoms with Crippen LogP contribution in [0.5, 0.6) is 0 Å². The van der Waals surface area contributed by atoms with E-state index in [2.05, 4.69) is 5.32 Å². The van der Waals surface area contributed by atoms with E-state index < -0.39 is 28.7 Å². The lowest BCUT2D eigenvalue weighted by Crippen LogP contribution is -2.44. The molecule has 0 aromatic heterocycles. The van der Waals surface area contributed by atoms with Crippen molar-refractivity contribution in [2.75, 3.05) is 11.5 Å². The summed E-state index contributed by atoms with van der Waals surface area (Å²) >= 11 is 0. The number of carboxylic acid groups (broad SMARTS) is 1. The van der Waals surface area contributed by atoms with Crippen LogP contribution in [0, 0.1) is 0 Å². The Balaban J connectivity index is 2.41. The van der Waals surface area contributed by atoms with Gasteiger partial charge in [0.2, 0.25) is 5.91 Å². The Morgan fingerprint density at radius 1 is 1.50 bits per heavy atom. The minimum absolute atomic E-state index is 0.0624. The molecule has 0 radical (unpaired) electrons. The zero-order chi connectivity index (χ0) is 13.7. The highest BCUT2D eigenvalue weighted by molar-refractivity contribution is 7.85. The molecule has 104 valence electrons. The molecule has 0 spiro atoms. The van der Waals surface area contributed by atoms with Crippen molar-refractivity contribution in [3.63, 3.8) is 0 Å². The van der Waals surface area contributed by atoms with Crippen LogP contribution in [-0.4, -0.2) is 50.9 Å². The van der Waals surface area contributed by atoms with Crippen molar-refractivity contribution in [1.29, 1.82) is 0 Å². The van der Waals surface area contributed by atoms with Gasteiger partial charge < -0.3 is 15.2 Å². The van der Waals surface area contributed by atoms with Crippen molar-refractivity contribution in [3.05, 3.63) is 0 Å². The summed E-state index contributed by atoms with van der Waals surface area (Å²) in [5.74, 6) is -1.36. The quantitative estimate of drug-likeness (QED) is 0.707. The highest BCUT2D eigenvalue weighted by atomic mass is 32.2. The highest BCUT2D eigenvalue weighted by Gasteiger charge is 2.26. The normalized spacial score (nSPS) is 26.6. The van der Waals surface area contributed by atoms with Crippen LogP contribution in [0.4, 0.5) is 0 Å². The van der Waals surface area contributed by atoms with Crippen LogP contribution in [0.3, 0.4) is 0 Å². The molecule has 4 atom stereocenters. The average molecular weight is 277 g/mol. The van der Waals surface area contributed by atoms with Gasteiger partial charge in [0.25, 0.3) is 0 Å². The summed E-state index contributed by atoms with van der Waals surface area (Å²) < 4.78 is 17.3. The van der Waals surface area contributed by atoms with Crippen LogP contribution in [0.15, 0.2) is 0 Å². The number of carboxylic acids is 1. The van der Waals surface area contributed by atoms with Gasteiger partial charge in [-0.3, -0.25) is 9.00 Å². The van der Waals surface area contributed by atoms with Crippen molar-refractivity contribution in [2.45, 2.75) is 44.9 Å². The molecule has 1 saturated heterocycles. The van der Waals surface area contributed by atoms with Crippen molar-refractivity contribution >= 4 is 22.7 Å². The zero-order valence-corrected chi connectivity index (χ0v) is 11.4. The van der Waals surface area contributed by atoms with E-state index >= 15 is 0 Å². The molecule has 18 heavy (non-hydrogen) atoms. The van der Waals surface area contributed by atoms with Gasteiger partial charge in [0.15, 0.2) is 0 Å². The number of ether oxygens (including phenoxy) is 1. The van der Waals surface area contributed by atoms with Gasteiger partial charge in [-0.1, -0.05) is 0 Å². The Morgan fingerprint density at radius 3 is 2.61 bits per heavy atom. The number of hydrogen-bond acceptors (Lipinski definition) is 4. The lowest BCUT2D eigenvalue weighted by Gasteiger charge is -2.15. The van der Waals surface area contributed by atoms with E-state index in [1.807, 2.05) is 6.92 Å². The number of hydrogen-bond donors (Lipinski definition) is 2. The Labute approximate surface area is 109 Å². The van der Waals surface area contributed by atoms with E-state index in [9.17, 15) is 13.8 Å². The standard InChI is InChI=1S/C11H19NO5S/c1-7-3-4-9(17-7)5-18(16)6-10(11(14)15)12-8(2)13/h7,9-10H,3-6H2,1-2H3,(H,12,13)(H,14,15)/t7?,9?,10-,18?/m0/s1. The number of aliphatic carboxylic acids is 1. The molecule has 7 heteroatoms. The molecule has 1 rings (SSSR count). The number of amides is 1. The predicted molar refractivity (Wildman–Crippen MR) is 66.7 cm³/mol. The first-order valence-electron chi connectivity index (χ1n) is 5.88. The smallest absolute Gasteiger partial charge is 0.327 e. The molecule has 1 heterocycles. The highest BCUT2D eigenvalue weighted by Crippen LogP contribution is 2.19. The van der Waals surface area contributed by atoms with Gasteiger partial charge in [-0.2, -0.15) is 0 Å². The van der Waals surface area contributed by atoms with Gasteiger partial charge in [-0.15, -0.1) is 0 Å². The van der Waals surface area contributed by atoms with Gasteiger partial charge in [-0.25, -0.2) is 4.79 Å². The molecule has 1 aliphatic heterocycles.